The molecule has 0 N–H and O–H groups in total. The summed E-state index contributed by atoms with van der Waals surface area (Å²) in [5, 5.41) is 1.31. The molecule has 100 valence electrons. The highest BCUT2D eigenvalue weighted by Crippen LogP contribution is 2.36. The van der Waals surface area contributed by atoms with Gasteiger partial charge in [0.05, 0.1) is 12.7 Å². The monoisotopic (exact) mass is 266 g/mol. The van der Waals surface area contributed by atoms with Gasteiger partial charge in [0.25, 0.3) is 0 Å². The Labute approximate surface area is 109 Å². The molecule has 0 bridgehead atoms. The molecule has 0 saturated carbocycles. The number of alkyl halides is 3. The minimum absolute atomic E-state index is 0.179. The van der Waals surface area contributed by atoms with Gasteiger partial charge >= 0.3 is 6.18 Å². The third kappa shape index (κ3) is 2.57. The van der Waals surface area contributed by atoms with Crippen molar-refractivity contribution in [2.45, 2.75) is 12.6 Å². The van der Waals surface area contributed by atoms with Gasteiger partial charge in [0.2, 0.25) is 0 Å². The van der Waals surface area contributed by atoms with Crippen molar-refractivity contribution < 1.29 is 17.9 Å². The van der Waals surface area contributed by atoms with Crippen LogP contribution in [-0.2, 0) is 12.6 Å². The zero-order valence-corrected chi connectivity index (χ0v) is 10.4. The van der Waals surface area contributed by atoms with E-state index in [1.54, 1.807) is 18.2 Å². The molecular weight excluding hydrogens is 253 g/mol. The number of allylic oxidation sites excluding steroid dienone is 1. The van der Waals surface area contributed by atoms with Gasteiger partial charge in [-0.1, -0.05) is 18.2 Å². The fraction of sp³-hybridized carbons (Fsp3) is 0.200. The molecule has 2 rings (SSSR count). The zero-order valence-electron chi connectivity index (χ0n) is 10.4. The van der Waals surface area contributed by atoms with Gasteiger partial charge in [-0.05, 0) is 41.0 Å². The Morgan fingerprint density at radius 1 is 1.21 bits per heavy atom. The molecule has 4 heteroatoms. The normalized spacial score (nSPS) is 11.6. The molecule has 0 fully saturated rings. The van der Waals surface area contributed by atoms with Crippen molar-refractivity contribution in [3.63, 3.8) is 0 Å². The van der Waals surface area contributed by atoms with E-state index < -0.39 is 11.7 Å². The van der Waals surface area contributed by atoms with Gasteiger partial charge in [-0.25, -0.2) is 0 Å². The second-order valence-electron chi connectivity index (χ2n) is 4.17. The van der Waals surface area contributed by atoms with E-state index in [-0.39, 0.29) is 12.0 Å². The number of methoxy groups -OCH3 is 1. The zero-order chi connectivity index (χ0) is 14.0. The molecule has 1 nitrogen and oxygen atoms in total. The van der Waals surface area contributed by atoms with Crippen molar-refractivity contribution in [3.8, 4) is 5.75 Å². The first kappa shape index (κ1) is 13.5. The van der Waals surface area contributed by atoms with Crippen molar-refractivity contribution in [2.24, 2.45) is 0 Å². The Bertz CT molecular complexity index is 615. The van der Waals surface area contributed by atoms with E-state index in [0.29, 0.717) is 11.1 Å². The molecule has 0 saturated heterocycles. The van der Waals surface area contributed by atoms with E-state index in [0.717, 1.165) is 11.5 Å². The molecule has 0 heterocycles. The van der Waals surface area contributed by atoms with Crippen LogP contribution in [0.4, 0.5) is 13.2 Å². The van der Waals surface area contributed by atoms with Crippen molar-refractivity contribution in [2.75, 3.05) is 7.11 Å². The number of fused-ring (bicyclic) bond motifs is 1. The summed E-state index contributed by atoms with van der Waals surface area (Å²) in [6.45, 7) is 3.53. The third-order valence-electron chi connectivity index (χ3n) is 2.99. The lowest BCUT2D eigenvalue weighted by Crippen LogP contribution is -2.09. The maximum atomic E-state index is 13.0. The smallest absolute Gasteiger partial charge is 0.416 e. The Morgan fingerprint density at radius 2 is 1.95 bits per heavy atom. The second kappa shape index (κ2) is 4.96. The molecule has 0 unspecified atom stereocenters. The molecule has 19 heavy (non-hydrogen) atoms. The van der Waals surface area contributed by atoms with E-state index in [4.69, 9.17) is 4.74 Å². The first-order valence-electron chi connectivity index (χ1n) is 5.75. The Morgan fingerprint density at radius 3 is 2.53 bits per heavy atom. The SMILES string of the molecule is C=CCc1c(C(F)(F)F)ccc2cc(OC)ccc12. The molecule has 0 spiro atoms. The first-order valence-corrected chi connectivity index (χ1v) is 5.75. The Kier molecular flexibility index (Phi) is 3.51. The molecule has 2 aromatic rings. The van der Waals surface area contributed by atoms with Crippen LogP contribution in [0.25, 0.3) is 10.8 Å². The van der Waals surface area contributed by atoms with Gasteiger partial charge in [0.15, 0.2) is 0 Å². The molecule has 0 amide bonds. The highest BCUT2D eigenvalue weighted by atomic mass is 19.4. The van der Waals surface area contributed by atoms with Crippen molar-refractivity contribution in [3.05, 3.63) is 54.1 Å². The van der Waals surface area contributed by atoms with E-state index >= 15 is 0 Å². The van der Waals surface area contributed by atoms with Gasteiger partial charge < -0.3 is 4.74 Å². The highest BCUT2D eigenvalue weighted by Gasteiger charge is 2.33. The maximum Gasteiger partial charge on any atom is 0.416 e. The minimum Gasteiger partial charge on any atom is -0.497 e. The molecule has 0 aliphatic rings. The van der Waals surface area contributed by atoms with Gasteiger partial charge in [0.1, 0.15) is 5.75 Å². The van der Waals surface area contributed by atoms with Gasteiger partial charge in [-0.3, -0.25) is 0 Å². The van der Waals surface area contributed by atoms with Crippen LogP contribution in [0.2, 0.25) is 0 Å². The highest BCUT2D eigenvalue weighted by molar-refractivity contribution is 5.88. The lowest BCUT2D eigenvalue weighted by molar-refractivity contribution is -0.138. The number of ether oxygens (including phenoxy) is 1. The number of benzene rings is 2. The maximum absolute atomic E-state index is 13.0. The molecule has 0 atom stereocenters. The summed E-state index contributed by atoms with van der Waals surface area (Å²) in [6.07, 6.45) is -2.70. The summed E-state index contributed by atoms with van der Waals surface area (Å²) in [6, 6.07) is 7.62. The number of halogens is 3. The van der Waals surface area contributed by atoms with E-state index in [2.05, 4.69) is 6.58 Å². The Hall–Kier alpha value is -1.97. The molecule has 0 aromatic heterocycles. The van der Waals surface area contributed by atoms with Gasteiger partial charge in [-0.15, -0.1) is 6.58 Å². The van der Waals surface area contributed by atoms with Crippen LogP contribution in [0.1, 0.15) is 11.1 Å². The van der Waals surface area contributed by atoms with Crippen LogP contribution in [0.15, 0.2) is 43.0 Å². The summed E-state index contributed by atoms with van der Waals surface area (Å²) >= 11 is 0. The summed E-state index contributed by atoms with van der Waals surface area (Å²) in [5.41, 5.74) is -0.354. The lowest BCUT2D eigenvalue weighted by atomic mass is 9.96. The van der Waals surface area contributed by atoms with Crippen LogP contribution < -0.4 is 4.74 Å². The first-order chi connectivity index (χ1) is 8.97. The third-order valence-corrected chi connectivity index (χ3v) is 2.99. The van der Waals surface area contributed by atoms with E-state index in [1.807, 2.05) is 0 Å². The summed E-state index contributed by atoms with van der Waals surface area (Å²) in [7, 11) is 1.52. The summed E-state index contributed by atoms with van der Waals surface area (Å²) in [5.74, 6) is 0.622. The fourth-order valence-electron chi connectivity index (χ4n) is 2.13. The largest absolute Gasteiger partial charge is 0.497 e. The quantitative estimate of drug-likeness (QED) is 0.738. The molecule has 2 aromatic carbocycles. The van der Waals surface area contributed by atoms with Crippen molar-refractivity contribution in [1.29, 1.82) is 0 Å². The van der Waals surface area contributed by atoms with E-state index in [9.17, 15) is 13.2 Å². The molecule has 0 radical (unpaired) electrons. The Balaban J connectivity index is 2.73. The van der Waals surface area contributed by atoms with Crippen LogP contribution in [-0.4, -0.2) is 7.11 Å². The van der Waals surface area contributed by atoms with Crippen LogP contribution in [0.5, 0.6) is 5.75 Å². The molecule has 0 aliphatic carbocycles. The number of hydrogen-bond donors (Lipinski definition) is 0. The van der Waals surface area contributed by atoms with Crippen LogP contribution in [0.3, 0.4) is 0 Å². The number of rotatable bonds is 3. The average Bonchev–Trinajstić information content (AvgIpc) is 2.37. The predicted molar refractivity (Wildman–Crippen MR) is 69.4 cm³/mol. The van der Waals surface area contributed by atoms with Crippen molar-refractivity contribution >= 4 is 10.8 Å². The molecule has 0 aliphatic heterocycles. The van der Waals surface area contributed by atoms with Gasteiger partial charge in [0, 0.05) is 0 Å². The van der Waals surface area contributed by atoms with Crippen LogP contribution >= 0.6 is 0 Å². The number of hydrogen-bond acceptors (Lipinski definition) is 1. The van der Waals surface area contributed by atoms with Crippen molar-refractivity contribution in [1.82, 2.24) is 0 Å². The second-order valence-corrected chi connectivity index (χ2v) is 4.17. The minimum atomic E-state index is -4.35. The average molecular weight is 266 g/mol. The predicted octanol–water partition coefficient (Wildman–Crippen LogP) is 4.60. The standard InChI is InChI=1S/C15H13F3O/c1-3-4-13-12-7-6-11(19-2)9-10(12)5-8-14(13)15(16,17)18/h3,5-9H,1,4H2,2H3. The van der Waals surface area contributed by atoms with E-state index in [1.165, 1.54) is 19.3 Å². The fourth-order valence-corrected chi connectivity index (χ4v) is 2.13. The topological polar surface area (TPSA) is 9.23 Å². The molecular formula is C15H13F3O. The summed E-state index contributed by atoms with van der Waals surface area (Å²) in [4.78, 5) is 0. The lowest BCUT2D eigenvalue weighted by Gasteiger charge is -2.15. The van der Waals surface area contributed by atoms with Crippen LogP contribution in [0, 0.1) is 0 Å². The summed E-state index contributed by atoms with van der Waals surface area (Å²) < 4.78 is 44.0. The van der Waals surface area contributed by atoms with Gasteiger partial charge in [-0.2, -0.15) is 13.2 Å².